The maximum absolute atomic E-state index is 8.39. The minimum Gasteiger partial charge on any atom is -0.490 e. The molecular formula is C35H42CuN7O2. The Kier molecular flexibility index (Phi) is 10.5. The summed E-state index contributed by atoms with van der Waals surface area (Å²) >= 11 is 0. The van der Waals surface area contributed by atoms with Gasteiger partial charge >= 0.3 is 17.1 Å². The monoisotopic (exact) mass is 655 g/mol. The summed E-state index contributed by atoms with van der Waals surface area (Å²) in [6.45, 7) is 17.3. The Balaban J connectivity index is 0.00000461. The first-order valence-electron chi connectivity index (χ1n) is 15.3. The molecule has 0 aliphatic carbocycles. The zero-order valence-electron chi connectivity index (χ0n) is 27.1. The van der Waals surface area contributed by atoms with E-state index in [4.69, 9.17) is 30.6 Å². The van der Waals surface area contributed by atoms with Crippen LogP contribution in [0.15, 0.2) is 69.6 Å². The second-order valence-electron chi connectivity index (χ2n) is 12.7. The first kappa shape index (κ1) is 33.9. The number of aromatic nitrogens is 1. The standard InChI is InChI=1S/C35H42N7O2.Cu/c1-18(2)30(19(3)4)43-22-12-14-24-26(16-22)34(41-32(24)36)39-28-10-9-11-29(38-28)40-35-27-17-23(13-15-25(27)33(37)42-35)44-31(20(5)6)21(7)8;/h9-21,30-31H,1-8H3,(H3-,36,37,38,39,40,41,42);/q-1;+1. The van der Waals surface area contributed by atoms with E-state index in [2.05, 4.69) is 70.7 Å². The van der Waals surface area contributed by atoms with Crippen molar-refractivity contribution >= 4 is 35.0 Å². The zero-order valence-corrected chi connectivity index (χ0v) is 28.0. The van der Waals surface area contributed by atoms with Crippen LogP contribution in [0.2, 0.25) is 0 Å². The van der Waals surface area contributed by atoms with Crippen LogP contribution < -0.4 is 15.2 Å². The third-order valence-corrected chi connectivity index (χ3v) is 7.77. The number of rotatable bonds is 10. The molecule has 0 spiro atoms. The first-order chi connectivity index (χ1) is 20.9. The molecule has 45 heavy (non-hydrogen) atoms. The van der Waals surface area contributed by atoms with Crippen LogP contribution in [0.5, 0.6) is 11.5 Å². The van der Waals surface area contributed by atoms with Crippen LogP contribution in [0.3, 0.4) is 0 Å². The van der Waals surface area contributed by atoms with Gasteiger partial charge in [-0.2, -0.15) is 0 Å². The number of pyridine rings is 1. The van der Waals surface area contributed by atoms with Crippen molar-refractivity contribution in [2.24, 2.45) is 44.4 Å². The second-order valence-corrected chi connectivity index (χ2v) is 12.7. The van der Waals surface area contributed by atoms with Crippen LogP contribution in [-0.4, -0.2) is 40.5 Å². The van der Waals surface area contributed by atoms with Crippen molar-refractivity contribution < 1.29 is 26.5 Å². The van der Waals surface area contributed by atoms with E-state index in [0.717, 1.165) is 28.2 Å². The molecule has 0 bridgehead atoms. The summed E-state index contributed by atoms with van der Waals surface area (Å²) in [4.78, 5) is 18.6. The van der Waals surface area contributed by atoms with Crippen molar-refractivity contribution in [3.05, 3.63) is 82.2 Å². The molecule has 2 aromatic carbocycles. The molecule has 0 atom stereocenters. The molecule has 0 radical (unpaired) electrons. The first-order valence-corrected chi connectivity index (χ1v) is 15.3. The molecule has 0 saturated carbocycles. The third kappa shape index (κ3) is 7.45. The summed E-state index contributed by atoms with van der Waals surface area (Å²) in [5.74, 6) is 5.23. The molecular weight excluding hydrogens is 614 g/mol. The van der Waals surface area contributed by atoms with E-state index >= 15 is 0 Å². The van der Waals surface area contributed by atoms with Crippen molar-refractivity contribution in [3.63, 3.8) is 0 Å². The van der Waals surface area contributed by atoms with E-state index in [-0.39, 0.29) is 35.1 Å². The fourth-order valence-electron chi connectivity index (χ4n) is 5.78. The fraction of sp³-hybridized carbons (Fsp3) is 0.400. The van der Waals surface area contributed by atoms with E-state index in [1.807, 2.05) is 42.5 Å². The number of hydrogen-bond acceptors (Lipinski definition) is 7. The van der Waals surface area contributed by atoms with Crippen LogP contribution in [0.25, 0.3) is 5.32 Å². The molecule has 2 aliphatic rings. The summed E-state index contributed by atoms with van der Waals surface area (Å²) in [7, 11) is 0. The average molecular weight is 656 g/mol. The van der Waals surface area contributed by atoms with Gasteiger partial charge in [-0.1, -0.05) is 61.5 Å². The number of fused-ring (bicyclic) bond motifs is 2. The van der Waals surface area contributed by atoms with Gasteiger partial charge in [0.2, 0.25) is 0 Å². The molecule has 240 valence electrons. The molecule has 5 rings (SSSR count). The SMILES string of the molecule is CC(C)C(Oc1ccc2c(c1)C(=Nc1cccc(/N=C3\N=C(N)c4ccc(OC(C(C)C)C(C)C)cc43)n1)[N-]C2=N)C(C)C.[Cu+]. The molecule has 9 nitrogen and oxygen atoms in total. The molecule has 0 unspecified atom stereocenters. The summed E-state index contributed by atoms with van der Waals surface area (Å²) in [5, 5.41) is 12.8. The fourth-order valence-corrected chi connectivity index (χ4v) is 5.78. The number of nitrogens with two attached hydrogens (primary N) is 1. The van der Waals surface area contributed by atoms with Crippen molar-refractivity contribution in [2.45, 2.75) is 67.6 Å². The van der Waals surface area contributed by atoms with Gasteiger partial charge < -0.3 is 30.9 Å². The maximum Gasteiger partial charge on any atom is 1.00 e. The van der Waals surface area contributed by atoms with Gasteiger partial charge in [-0.05, 0) is 83.3 Å². The van der Waals surface area contributed by atoms with Crippen LogP contribution in [-0.2, 0) is 17.1 Å². The number of benzene rings is 2. The van der Waals surface area contributed by atoms with E-state index in [9.17, 15) is 0 Å². The van der Waals surface area contributed by atoms with Crippen LogP contribution in [0, 0.1) is 29.1 Å². The molecule has 0 amide bonds. The molecule has 0 fully saturated rings. The van der Waals surface area contributed by atoms with Gasteiger partial charge in [0.25, 0.3) is 0 Å². The summed E-state index contributed by atoms with van der Waals surface area (Å²) in [6, 6.07) is 16.9. The number of nitrogens with one attached hydrogen (secondary N) is 1. The Labute approximate surface area is 276 Å². The molecule has 2 aliphatic heterocycles. The van der Waals surface area contributed by atoms with E-state index in [0.29, 0.717) is 58.4 Å². The second kappa shape index (κ2) is 14.0. The number of hydrogen-bond donors (Lipinski definition) is 2. The quantitative estimate of drug-likeness (QED) is 0.216. The normalized spacial score (nSPS) is 15.8. The Bertz CT molecular complexity index is 1640. The summed E-state index contributed by atoms with van der Waals surface area (Å²) < 4.78 is 12.7. The minimum atomic E-state index is 0. The molecule has 0 saturated heterocycles. The van der Waals surface area contributed by atoms with E-state index < -0.39 is 0 Å². The van der Waals surface area contributed by atoms with Crippen molar-refractivity contribution in [3.8, 4) is 11.5 Å². The predicted octanol–water partition coefficient (Wildman–Crippen LogP) is 7.79. The number of nitrogens with zero attached hydrogens (tertiary/aromatic N) is 5. The molecule has 1 aromatic heterocycles. The Morgan fingerprint density at radius 1 is 0.689 bits per heavy atom. The van der Waals surface area contributed by atoms with E-state index in [1.165, 1.54) is 0 Å². The molecule has 3 N–H and O–H groups in total. The minimum absolute atomic E-state index is 0. The van der Waals surface area contributed by atoms with Crippen LogP contribution >= 0.6 is 0 Å². The van der Waals surface area contributed by atoms with Gasteiger partial charge in [0.05, 0.1) is 5.82 Å². The zero-order chi connectivity index (χ0) is 31.7. The average Bonchev–Trinajstić information content (AvgIpc) is 3.44. The Morgan fingerprint density at radius 2 is 1.20 bits per heavy atom. The predicted molar refractivity (Wildman–Crippen MR) is 179 cm³/mol. The van der Waals surface area contributed by atoms with Crippen molar-refractivity contribution in [1.82, 2.24) is 4.98 Å². The topological polar surface area (TPSA) is 132 Å². The number of amidine groups is 4. The van der Waals surface area contributed by atoms with Crippen molar-refractivity contribution in [1.29, 1.82) is 5.41 Å². The summed E-state index contributed by atoms with van der Waals surface area (Å²) in [5.41, 5.74) is 9.32. The smallest absolute Gasteiger partial charge is 0.490 e. The van der Waals surface area contributed by atoms with Gasteiger partial charge in [-0.15, -0.1) is 0 Å². The molecule has 3 heterocycles. The van der Waals surface area contributed by atoms with Crippen molar-refractivity contribution in [2.75, 3.05) is 0 Å². The van der Waals surface area contributed by atoms with Gasteiger partial charge in [-0.3, -0.25) is 0 Å². The van der Waals surface area contributed by atoms with Gasteiger partial charge in [0, 0.05) is 22.8 Å². The number of ether oxygens (including phenoxy) is 2. The van der Waals surface area contributed by atoms with Crippen LogP contribution in [0.1, 0.15) is 77.6 Å². The van der Waals surface area contributed by atoms with Gasteiger partial charge in [0.1, 0.15) is 29.5 Å². The Hall–Kier alpha value is -4.01. The number of aliphatic imine (C=N–C) groups is 3. The van der Waals surface area contributed by atoms with Gasteiger partial charge in [0.15, 0.2) is 11.7 Å². The maximum atomic E-state index is 8.39. The third-order valence-electron chi connectivity index (χ3n) is 7.77. The Morgan fingerprint density at radius 3 is 1.76 bits per heavy atom. The summed E-state index contributed by atoms with van der Waals surface area (Å²) in [6.07, 6.45) is 0.142. The van der Waals surface area contributed by atoms with E-state index in [1.54, 1.807) is 12.1 Å². The van der Waals surface area contributed by atoms with Crippen LogP contribution in [0.4, 0.5) is 11.6 Å². The van der Waals surface area contributed by atoms with Gasteiger partial charge in [-0.25, -0.2) is 15.0 Å². The largest absolute Gasteiger partial charge is 1.00 e. The molecule has 10 heteroatoms. The molecule has 3 aromatic rings.